The smallest absolute Gasteiger partial charge is 0.328 e. The van der Waals surface area contributed by atoms with Crippen molar-refractivity contribution in [3.05, 3.63) is 0 Å². The molecule has 0 saturated carbocycles. The number of nitrogens with one attached hydrogen (secondary N) is 3. The van der Waals surface area contributed by atoms with Crippen molar-refractivity contribution in [2.24, 2.45) is 11.5 Å². The Kier molecular flexibility index (Phi) is 11.8. The van der Waals surface area contributed by atoms with Crippen LogP contribution in [0.15, 0.2) is 0 Å². The number of amides is 4. The molecule has 6 atom stereocenters. The van der Waals surface area contributed by atoms with Crippen LogP contribution in [0.3, 0.4) is 0 Å². The van der Waals surface area contributed by atoms with Gasteiger partial charge in [0.1, 0.15) is 12.1 Å². The number of aliphatic hydroxyl groups is 2. The fourth-order valence-electron chi connectivity index (χ4n) is 2.38. The Morgan fingerprint density at radius 2 is 1.31 bits per heavy atom. The van der Waals surface area contributed by atoms with Gasteiger partial charge in [0.25, 0.3) is 0 Å². The zero-order chi connectivity index (χ0) is 25.2. The molecule has 0 aliphatic rings. The molecule has 11 N–H and O–H groups in total. The van der Waals surface area contributed by atoms with Crippen molar-refractivity contribution >= 4 is 35.6 Å². The van der Waals surface area contributed by atoms with E-state index in [1.54, 1.807) is 0 Å². The van der Waals surface area contributed by atoms with E-state index in [1.807, 2.05) is 10.6 Å². The highest BCUT2D eigenvalue weighted by atomic mass is 16.4. The number of carboxylic acid groups (broad SMARTS) is 2. The molecule has 15 heteroatoms. The van der Waals surface area contributed by atoms with E-state index < -0.39 is 78.4 Å². The topological polar surface area (TPSA) is 271 Å². The quantitative estimate of drug-likeness (QED) is 0.118. The molecule has 0 spiro atoms. The number of nitrogens with two attached hydrogens (primary N) is 2. The summed E-state index contributed by atoms with van der Waals surface area (Å²) in [6.07, 6.45) is -4.40. The Labute approximate surface area is 182 Å². The summed E-state index contributed by atoms with van der Waals surface area (Å²) in [4.78, 5) is 70.0. The molecule has 0 aromatic carbocycles. The van der Waals surface area contributed by atoms with Crippen LogP contribution in [0.4, 0.5) is 0 Å². The van der Waals surface area contributed by atoms with Crippen molar-refractivity contribution in [2.45, 2.75) is 69.5 Å². The standard InChI is InChI=1S/C17H29N5O10/c1-6(23)12(16(30)22-13(7(2)24)17(31)32)21-15(29)9(5-11(26)27)20-14(28)8(18)3-4-10(19)25/h6-9,12-13,23-24H,3-5,18H2,1-2H3,(H2,19,25)(H,20,28)(H,21,29)(H,22,30)(H,26,27)(H,31,32). The maximum Gasteiger partial charge on any atom is 0.328 e. The third-order valence-corrected chi connectivity index (χ3v) is 4.16. The predicted octanol–water partition coefficient (Wildman–Crippen LogP) is -4.65. The van der Waals surface area contributed by atoms with E-state index in [1.165, 1.54) is 0 Å². The van der Waals surface area contributed by atoms with Gasteiger partial charge in [0.05, 0.1) is 24.7 Å². The Morgan fingerprint density at radius 3 is 1.72 bits per heavy atom. The summed E-state index contributed by atoms with van der Waals surface area (Å²) >= 11 is 0. The molecular formula is C17H29N5O10. The first-order valence-corrected chi connectivity index (χ1v) is 9.43. The van der Waals surface area contributed by atoms with E-state index in [-0.39, 0.29) is 12.8 Å². The minimum absolute atomic E-state index is 0.169. The van der Waals surface area contributed by atoms with Gasteiger partial charge < -0.3 is 47.8 Å². The number of carboxylic acids is 2. The number of aliphatic hydroxyl groups excluding tert-OH is 2. The zero-order valence-corrected chi connectivity index (χ0v) is 17.5. The van der Waals surface area contributed by atoms with Crippen molar-refractivity contribution < 1.29 is 49.2 Å². The number of carbonyl (C=O) groups is 6. The van der Waals surface area contributed by atoms with E-state index >= 15 is 0 Å². The second-order valence-electron chi connectivity index (χ2n) is 7.06. The largest absolute Gasteiger partial charge is 0.481 e. The lowest BCUT2D eigenvalue weighted by Crippen LogP contribution is -2.61. The maximum absolute atomic E-state index is 12.5. The molecular weight excluding hydrogens is 434 g/mol. The van der Waals surface area contributed by atoms with E-state index in [2.05, 4.69) is 5.32 Å². The maximum atomic E-state index is 12.5. The summed E-state index contributed by atoms with van der Waals surface area (Å²) in [5.41, 5.74) is 10.5. The van der Waals surface area contributed by atoms with Gasteiger partial charge in [-0.05, 0) is 20.3 Å². The van der Waals surface area contributed by atoms with Crippen LogP contribution >= 0.6 is 0 Å². The van der Waals surface area contributed by atoms with Gasteiger partial charge >= 0.3 is 11.9 Å². The van der Waals surface area contributed by atoms with E-state index in [0.29, 0.717) is 0 Å². The molecule has 0 rings (SSSR count). The molecule has 0 bridgehead atoms. The van der Waals surface area contributed by atoms with Crippen molar-refractivity contribution in [1.29, 1.82) is 0 Å². The third-order valence-electron chi connectivity index (χ3n) is 4.16. The van der Waals surface area contributed by atoms with Crippen molar-refractivity contribution in [3.8, 4) is 0 Å². The molecule has 6 unspecified atom stereocenters. The summed E-state index contributed by atoms with van der Waals surface area (Å²) in [7, 11) is 0. The lowest BCUT2D eigenvalue weighted by atomic mass is 10.1. The van der Waals surface area contributed by atoms with Crippen LogP contribution in [0, 0.1) is 0 Å². The SMILES string of the molecule is CC(O)C(NC(=O)C(NC(=O)C(CC(=O)O)NC(=O)C(N)CCC(N)=O)C(C)O)C(=O)O. The van der Waals surface area contributed by atoms with Crippen molar-refractivity contribution in [3.63, 3.8) is 0 Å². The van der Waals surface area contributed by atoms with Gasteiger partial charge in [-0.2, -0.15) is 0 Å². The highest BCUT2D eigenvalue weighted by molar-refractivity contribution is 5.96. The first-order chi connectivity index (χ1) is 14.7. The van der Waals surface area contributed by atoms with Crippen LogP contribution in [0.25, 0.3) is 0 Å². The number of primary amides is 1. The molecule has 182 valence electrons. The molecule has 15 nitrogen and oxygen atoms in total. The molecule has 0 radical (unpaired) electrons. The highest BCUT2D eigenvalue weighted by Crippen LogP contribution is 2.03. The molecule has 0 aliphatic heterocycles. The van der Waals surface area contributed by atoms with Gasteiger partial charge in [-0.1, -0.05) is 0 Å². The lowest BCUT2D eigenvalue weighted by Gasteiger charge is -2.26. The monoisotopic (exact) mass is 463 g/mol. The Balaban J connectivity index is 5.41. The fraction of sp³-hybridized carbons (Fsp3) is 0.647. The summed E-state index contributed by atoms with van der Waals surface area (Å²) < 4.78 is 0. The van der Waals surface area contributed by atoms with E-state index in [0.717, 1.165) is 13.8 Å². The van der Waals surface area contributed by atoms with Gasteiger partial charge in [-0.3, -0.25) is 24.0 Å². The first-order valence-electron chi connectivity index (χ1n) is 9.43. The van der Waals surface area contributed by atoms with Crippen LogP contribution in [0.5, 0.6) is 0 Å². The molecule has 0 aliphatic carbocycles. The fourth-order valence-corrected chi connectivity index (χ4v) is 2.38. The number of carbonyl (C=O) groups excluding carboxylic acids is 4. The van der Waals surface area contributed by atoms with Crippen LogP contribution in [0.1, 0.15) is 33.1 Å². The minimum atomic E-state index is -1.75. The first kappa shape index (κ1) is 28.7. The molecule has 4 amide bonds. The molecule has 0 aromatic rings. The molecule has 0 saturated heterocycles. The summed E-state index contributed by atoms with van der Waals surface area (Å²) in [5, 5.41) is 43.4. The molecule has 0 fully saturated rings. The van der Waals surface area contributed by atoms with Gasteiger partial charge in [-0.15, -0.1) is 0 Å². The van der Waals surface area contributed by atoms with Crippen LogP contribution in [-0.2, 0) is 28.8 Å². The molecule has 32 heavy (non-hydrogen) atoms. The van der Waals surface area contributed by atoms with E-state index in [9.17, 15) is 39.0 Å². The summed E-state index contributed by atoms with van der Waals surface area (Å²) in [6.45, 7) is 2.18. The van der Waals surface area contributed by atoms with Crippen LogP contribution in [0.2, 0.25) is 0 Å². The highest BCUT2D eigenvalue weighted by Gasteiger charge is 2.34. The van der Waals surface area contributed by atoms with Gasteiger partial charge in [0, 0.05) is 6.42 Å². The van der Waals surface area contributed by atoms with Crippen LogP contribution < -0.4 is 27.4 Å². The van der Waals surface area contributed by atoms with Crippen molar-refractivity contribution in [2.75, 3.05) is 0 Å². The Hall–Kier alpha value is -3.30. The number of rotatable bonds is 14. The number of hydrogen-bond donors (Lipinski definition) is 9. The average Bonchev–Trinajstić information content (AvgIpc) is 2.65. The predicted molar refractivity (Wildman–Crippen MR) is 105 cm³/mol. The van der Waals surface area contributed by atoms with Crippen LogP contribution in [-0.4, -0.2) is 92.4 Å². The Bertz CT molecular complexity index is 727. The number of hydrogen-bond acceptors (Lipinski definition) is 9. The average molecular weight is 463 g/mol. The normalized spacial score (nSPS) is 16.4. The van der Waals surface area contributed by atoms with Gasteiger partial charge in [0.15, 0.2) is 6.04 Å². The molecule has 0 aromatic heterocycles. The summed E-state index contributed by atoms with van der Waals surface area (Å²) in [5.74, 6) is -7.13. The second kappa shape index (κ2) is 13.2. The van der Waals surface area contributed by atoms with Gasteiger partial charge in [-0.25, -0.2) is 4.79 Å². The van der Waals surface area contributed by atoms with Crippen molar-refractivity contribution in [1.82, 2.24) is 16.0 Å². The molecule has 0 heterocycles. The van der Waals surface area contributed by atoms with E-state index in [4.69, 9.17) is 21.7 Å². The lowest BCUT2D eigenvalue weighted by molar-refractivity contribution is -0.146. The third kappa shape index (κ3) is 10.1. The number of aliphatic carboxylic acids is 2. The second-order valence-corrected chi connectivity index (χ2v) is 7.06. The zero-order valence-electron chi connectivity index (χ0n) is 17.5. The Morgan fingerprint density at radius 1 is 0.812 bits per heavy atom. The minimum Gasteiger partial charge on any atom is -0.481 e. The van der Waals surface area contributed by atoms with Gasteiger partial charge in [0.2, 0.25) is 23.6 Å². The summed E-state index contributed by atoms with van der Waals surface area (Å²) in [6, 6.07) is -6.51.